The largest absolute Gasteiger partial charge is 0.466 e. The number of halogens is 1. The van der Waals surface area contributed by atoms with Gasteiger partial charge in [-0.3, -0.25) is 9.59 Å². The lowest BCUT2D eigenvalue weighted by Crippen LogP contribution is -2.40. The van der Waals surface area contributed by atoms with Crippen LogP contribution < -0.4 is 4.90 Å². The number of fused-ring (bicyclic) bond motifs is 1. The third-order valence-corrected chi connectivity index (χ3v) is 5.33. The smallest absolute Gasteiger partial charge is 0.312 e. The maximum absolute atomic E-state index is 13.0. The molecule has 1 amide bonds. The standard InChI is InChI=1S/C17H16BrNO4/c1-2-22-16(21)13-12-7-8-17(23-12)9-19(15(20)14(13)17)11-5-3-10(18)4-6-11/h3-8,12-14H,2,9H2,1H3/t12-,13+,14+,17-/m1/s1. The van der Waals surface area contributed by atoms with Crippen LogP contribution >= 0.6 is 15.9 Å². The van der Waals surface area contributed by atoms with E-state index in [0.29, 0.717) is 13.2 Å². The first-order valence-corrected chi connectivity index (χ1v) is 8.46. The lowest BCUT2D eigenvalue weighted by Gasteiger charge is -2.22. The molecule has 0 radical (unpaired) electrons. The van der Waals surface area contributed by atoms with Crippen molar-refractivity contribution in [2.45, 2.75) is 18.6 Å². The minimum Gasteiger partial charge on any atom is -0.466 e. The van der Waals surface area contributed by atoms with E-state index in [0.717, 1.165) is 10.2 Å². The third-order valence-electron chi connectivity index (χ3n) is 4.80. The van der Waals surface area contributed by atoms with Crippen molar-refractivity contribution in [1.82, 2.24) is 0 Å². The van der Waals surface area contributed by atoms with Crippen LogP contribution in [0.3, 0.4) is 0 Å². The van der Waals surface area contributed by atoms with E-state index < -0.39 is 17.4 Å². The molecule has 3 aliphatic rings. The van der Waals surface area contributed by atoms with Gasteiger partial charge in [-0.1, -0.05) is 28.1 Å². The molecule has 4 atom stereocenters. The summed E-state index contributed by atoms with van der Waals surface area (Å²) in [6.45, 7) is 2.50. The van der Waals surface area contributed by atoms with Crippen LogP contribution in [0.25, 0.3) is 0 Å². The van der Waals surface area contributed by atoms with E-state index in [1.54, 1.807) is 11.8 Å². The summed E-state index contributed by atoms with van der Waals surface area (Å²) in [5.41, 5.74) is 0.108. The molecule has 2 saturated heterocycles. The van der Waals surface area contributed by atoms with Crippen molar-refractivity contribution in [3.05, 3.63) is 40.9 Å². The highest BCUT2D eigenvalue weighted by Crippen LogP contribution is 2.52. The van der Waals surface area contributed by atoms with Crippen molar-refractivity contribution in [1.29, 1.82) is 0 Å². The zero-order valence-electron chi connectivity index (χ0n) is 12.6. The molecule has 3 heterocycles. The fraction of sp³-hybridized carbons (Fsp3) is 0.412. The minimum absolute atomic E-state index is 0.0720. The average Bonchev–Trinajstić information content (AvgIpc) is 3.17. The number of hydrogen-bond donors (Lipinski definition) is 0. The van der Waals surface area contributed by atoms with Gasteiger partial charge in [0.1, 0.15) is 11.5 Å². The van der Waals surface area contributed by atoms with Gasteiger partial charge < -0.3 is 14.4 Å². The molecule has 2 bridgehead atoms. The van der Waals surface area contributed by atoms with Crippen LogP contribution in [0.5, 0.6) is 0 Å². The van der Waals surface area contributed by atoms with E-state index in [9.17, 15) is 9.59 Å². The number of carbonyl (C=O) groups is 2. The second-order valence-corrected chi connectivity index (χ2v) is 6.97. The van der Waals surface area contributed by atoms with Gasteiger partial charge in [0.05, 0.1) is 25.2 Å². The van der Waals surface area contributed by atoms with Gasteiger partial charge in [0.15, 0.2) is 0 Å². The number of anilines is 1. The van der Waals surface area contributed by atoms with Crippen molar-refractivity contribution in [3.8, 4) is 0 Å². The van der Waals surface area contributed by atoms with Crippen LogP contribution in [0.1, 0.15) is 6.92 Å². The lowest BCUT2D eigenvalue weighted by atomic mass is 9.77. The average molecular weight is 378 g/mol. The third kappa shape index (κ3) is 2.08. The van der Waals surface area contributed by atoms with Gasteiger partial charge >= 0.3 is 5.97 Å². The van der Waals surface area contributed by atoms with Crippen LogP contribution in [-0.2, 0) is 19.1 Å². The Labute approximate surface area is 142 Å². The van der Waals surface area contributed by atoms with Crippen LogP contribution in [0.4, 0.5) is 5.69 Å². The first kappa shape index (κ1) is 14.9. The number of rotatable bonds is 3. The van der Waals surface area contributed by atoms with E-state index in [1.807, 2.05) is 36.4 Å². The number of amides is 1. The van der Waals surface area contributed by atoms with Gasteiger partial charge in [0, 0.05) is 10.2 Å². The summed E-state index contributed by atoms with van der Waals surface area (Å²) < 4.78 is 12.1. The van der Waals surface area contributed by atoms with Crippen molar-refractivity contribution in [2.75, 3.05) is 18.1 Å². The molecular formula is C17H16BrNO4. The molecule has 0 unspecified atom stereocenters. The Hall–Kier alpha value is -1.66. The fourth-order valence-corrected chi connectivity index (χ4v) is 4.11. The molecule has 0 aliphatic carbocycles. The van der Waals surface area contributed by atoms with Crippen LogP contribution in [0.15, 0.2) is 40.9 Å². The molecule has 23 heavy (non-hydrogen) atoms. The predicted octanol–water partition coefficient (Wildman–Crippen LogP) is 2.30. The number of carbonyl (C=O) groups excluding carboxylic acids is 2. The number of esters is 1. The summed E-state index contributed by atoms with van der Waals surface area (Å²) >= 11 is 3.39. The zero-order valence-corrected chi connectivity index (χ0v) is 14.2. The van der Waals surface area contributed by atoms with Crippen molar-refractivity contribution in [2.24, 2.45) is 11.8 Å². The summed E-state index contributed by atoms with van der Waals surface area (Å²) in [5, 5.41) is 0. The maximum atomic E-state index is 13.0. The van der Waals surface area contributed by atoms with Gasteiger partial charge in [-0.2, -0.15) is 0 Å². The Balaban J connectivity index is 1.68. The summed E-state index contributed by atoms with van der Waals surface area (Å²) in [5.74, 6) is -1.47. The van der Waals surface area contributed by atoms with Gasteiger partial charge in [0.2, 0.25) is 5.91 Å². The molecular weight excluding hydrogens is 362 g/mol. The molecule has 1 aromatic carbocycles. The van der Waals surface area contributed by atoms with Crippen molar-refractivity contribution in [3.63, 3.8) is 0 Å². The Kier molecular flexibility index (Phi) is 3.35. The molecule has 6 heteroatoms. The minimum atomic E-state index is -0.702. The summed E-state index contributed by atoms with van der Waals surface area (Å²) in [7, 11) is 0. The van der Waals surface area contributed by atoms with Crippen LogP contribution in [0.2, 0.25) is 0 Å². The molecule has 0 saturated carbocycles. The number of benzene rings is 1. The summed E-state index contributed by atoms with van der Waals surface area (Å²) in [4.78, 5) is 27.0. The van der Waals surface area contributed by atoms with E-state index >= 15 is 0 Å². The topological polar surface area (TPSA) is 55.8 Å². The van der Waals surface area contributed by atoms with E-state index in [1.165, 1.54) is 0 Å². The molecule has 1 spiro atoms. The zero-order chi connectivity index (χ0) is 16.2. The monoisotopic (exact) mass is 377 g/mol. The van der Waals surface area contributed by atoms with Gasteiger partial charge in [-0.15, -0.1) is 0 Å². The normalized spacial score (nSPS) is 34.1. The Morgan fingerprint density at radius 1 is 1.43 bits per heavy atom. The van der Waals surface area contributed by atoms with Crippen molar-refractivity contribution >= 4 is 33.5 Å². The number of ether oxygens (including phenoxy) is 2. The van der Waals surface area contributed by atoms with Gasteiger partial charge in [-0.05, 0) is 31.2 Å². The SMILES string of the molecule is CCOC(=O)[C@@H]1[C@H]2C(=O)N(c3ccc(Br)cc3)C[C@]23C=C[C@H]1O3. The molecule has 5 nitrogen and oxygen atoms in total. The molecule has 2 fully saturated rings. The Morgan fingerprint density at radius 3 is 2.87 bits per heavy atom. The number of nitrogens with zero attached hydrogens (tertiary/aromatic N) is 1. The quantitative estimate of drug-likeness (QED) is 0.598. The second kappa shape index (κ2) is 5.18. The molecule has 3 aliphatic heterocycles. The first-order valence-electron chi connectivity index (χ1n) is 7.66. The van der Waals surface area contributed by atoms with Crippen LogP contribution in [-0.4, -0.2) is 36.7 Å². The first-order chi connectivity index (χ1) is 11.1. The van der Waals surface area contributed by atoms with E-state index in [4.69, 9.17) is 9.47 Å². The van der Waals surface area contributed by atoms with Crippen molar-refractivity contribution < 1.29 is 19.1 Å². The molecule has 0 aromatic heterocycles. The fourth-order valence-electron chi connectivity index (χ4n) is 3.85. The number of hydrogen-bond acceptors (Lipinski definition) is 4. The highest BCUT2D eigenvalue weighted by Gasteiger charge is 2.67. The lowest BCUT2D eigenvalue weighted by molar-refractivity contribution is -0.151. The van der Waals surface area contributed by atoms with Gasteiger partial charge in [-0.25, -0.2) is 0 Å². The molecule has 4 rings (SSSR count). The molecule has 120 valence electrons. The molecule has 0 N–H and O–H groups in total. The van der Waals surface area contributed by atoms with Gasteiger partial charge in [0.25, 0.3) is 0 Å². The van der Waals surface area contributed by atoms with E-state index in [2.05, 4.69) is 15.9 Å². The van der Waals surface area contributed by atoms with Crippen LogP contribution in [0, 0.1) is 11.8 Å². The molecule has 1 aromatic rings. The van der Waals surface area contributed by atoms with E-state index in [-0.39, 0.29) is 18.0 Å². The maximum Gasteiger partial charge on any atom is 0.312 e. The highest BCUT2D eigenvalue weighted by atomic mass is 79.9. The predicted molar refractivity (Wildman–Crippen MR) is 86.9 cm³/mol. The summed E-state index contributed by atoms with van der Waals surface area (Å²) in [6.07, 6.45) is 3.47. The second-order valence-electron chi connectivity index (χ2n) is 6.05. The highest BCUT2D eigenvalue weighted by molar-refractivity contribution is 9.10. The summed E-state index contributed by atoms with van der Waals surface area (Å²) in [6, 6.07) is 7.56. The Morgan fingerprint density at radius 2 is 2.17 bits per heavy atom. The Bertz CT molecular complexity index is 701.